The van der Waals surface area contributed by atoms with E-state index in [0.717, 1.165) is 11.1 Å². The number of carbonyl (C=O) groups is 1. The molecule has 1 N–H and O–H groups in total. The third-order valence-corrected chi connectivity index (χ3v) is 2.89. The van der Waals surface area contributed by atoms with E-state index in [1.54, 1.807) is 30.3 Å². The van der Waals surface area contributed by atoms with Crippen molar-refractivity contribution in [3.63, 3.8) is 0 Å². The SMILES string of the molecule is O=C(C=Cc1cccc(Cl)c1)NCc1ccc(F)cc1. The van der Waals surface area contributed by atoms with Gasteiger partial charge in [-0.3, -0.25) is 4.79 Å². The molecule has 0 aliphatic carbocycles. The van der Waals surface area contributed by atoms with Crippen LogP contribution < -0.4 is 5.32 Å². The van der Waals surface area contributed by atoms with Crippen LogP contribution in [0, 0.1) is 5.82 Å². The maximum atomic E-state index is 12.7. The molecule has 4 heteroatoms. The Balaban J connectivity index is 1.88. The van der Waals surface area contributed by atoms with Crippen LogP contribution in [0.1, 0.15) is 11.1 Å². The van der Waals surface area contributed by atoms with Gasteiger partial charge in [0.2, 0.25) is 5.91 Å². The molecule has 20 heavy (non-hydrogen) atoms. The average molecular weight is 290 g/mol. The lowest BCUT2D eigenvalue weighted by molar-refractivity contribution is -0.116. The summed E-state index contributed by atoms with van der Waals surface area (Å²) in [6, 6.07) is 13.2. The summed E-state index contributed by atoms with van der Waals surface area (Å²) in [5.74, 6) is -0.504. The summed E-state index contributed by atoms with van der Waals surface area (Å²) in [7, 11) is 0. The third kappa shape index (κ3) is 4.52. The minimum absolute atomic E-state index is 0.214. The van der Waals surface area contributed by atoms with E-state index >= 15 is 0 Å². The van der Waals surface area contributed by atoms with Crippen LogP contribution in [0.4, 0.5) is 4.39 Å². The molecule has 0 heterocycles. The fourth-order valence-corrected chi connectivity index (χ4v) is 1.83. The summed E-state index contributed by atoms with van der Waals surface area (Å²) < 4.78 is 12.7. The molecule has 0 saturated carbocycles. The summed E-state index contributed by atoms with van der Waals surface area (Å²) in [6.07, 6.45) is 3.13. The van der Waals surface area contributed by atoms with Crippen LogP contribution >= 0.6 is 11.6 Å². The van der Waals surface area contributed by atoms with Crippen LogP contribution in [0.25, 0.3) is 6.08 Å². The average Bonchev–Trinajstić information content (AvgIpc) is 2.45. The quantitative estimate of drug-likeness (QED) is 0.852. The van der Waals surface area contributed by atoms with E-state index in [-0.39, 0.29) is 11.7 Å². The number of carbonyl (C=O) groups excluding carboxylic acids is 1. The maximum Gasteiger partial charge on any atom is 0.244 e. The number of hydrogen-bond donors (Lipinski definition) is 1. The molecule has 0 aliphatic rings. The summed E-state index contributed by atoms with van der Waals surface area (Å²) in [5, 5.41) is 3.35. The van der Waals surface area contributed by atoms with Crippen LogP contribution in [-0.4, -0.2) is 5.91 Å². The third-order valence-electron chi connectivity index (χ3n) is 2.66. The van der Waals surface area contributed by atoms with Gasteiger partial charge < -0.3 is 5.32 Å². The van der Waals surface area contributed by atoms with Crippen molar-refractivity contribution in [1.82, 2.24) is 5.32 Å². The predicted molar refractivity (Wildman–Crippen MR) is 78.7 cm³/mol. The Morgan fingerprint density at radius 3 is 2.65 bits per heavy atom. The molecule has 0 fully saturated rings. The molecule has 1 amide bonds. The first kappa shape index (κ1) is 14.3. The highest BCUT2D eigenvalue weighted by Crippen LogP contribution is 2.11. The Hall–Kier alpha value is -2.13. The van der Waals surface area contributed by atoms with Crippen molar-refractivity contribution in [2.75, 3.05) is 0 Å². The molecule has 2 rings (SSSR count). The molecule has 0 aliphatic heterocycles. The van der Waals surface area contributed by atoms with E-state index in [4.69, 9.17) is 11.6 Å². The van der Waals surface area contributed by atoms with Crippen molar-refractivity contribution in [3.05, 3.63) is 76.6 Å². The highest BCUT2D eigenvalue weighted by Gasteiger charge is 1.97. The summed E-state index contributed by atoms with van der Waals surface area (Å²) >= 11 is 5.85. The smallest absolute Gasteiger partial charge is 0.244 e. The summed E-state index contributed by atoms with van der Waals surface area (Å²) in [5.41, 5.74) is 1.70. The van der Waals surface area contributed by atoms with Crippen LogP contribution in [0.15, 0.2) is 54.6 Å². The van der Waals surface area contributed by atoms with Gasteiger partial charge in [-0.15, -0.1) is 0 Å². The van der Waals surface area contributed by atoms with Crippen LogP contribution in [0.5, 0.6) is 0 Å². The van der Waals surface area contributed by atoms with Crippen molar-refractivity contribution >= 4 is 23.6 Å². The number of hydrogen-bond acceptors (Lipinski definition) is 1. The number of rotatable bonds is 4. The number of benzene rings is 2. The Kier molecular flexibility index (Phi) is 4.91. The topological polar surface area (TPSA) is 29.1 Å². The molecular formula is C16H13ClFNO. The number of amides is 1. The molecule has 2 aromatic carbocycles. The molecule has 102 valence electrons. The normalized spacial score (nSPS) is 10.7. The fraction of sp³-hybridized carbons (Fsp3) is 0.0625. The van der Waals surface area contributed by atoms with E-state index in [0.29, 0.717) is 11.6 Å². The fourth-order valence-electron chi connectivity index (χ4n) is 1.63. The molecule has 0 radical (unpaired) electrons. The molecular weight excluding hydrogens is 277 g/mol. The second-order valence-corrected chi connectivity index (χ2v) is 4.67. The molecule has 2 nitrogen and oxygen atoms in total. The van der Waals surface area contributed by atoms with Crippen molar-refractivity contribution < 1.29 is 9.18 Å². The monoisotopic (exact) mass is 289 g/mol. The molecule has 0 aromatic heterocycles. The van der Waals surface area contributed by atoms with Gasteiger partial charge in [-0.25, -0.2) is 4.39 Å². The molecule has 0 spiro atoms. The lowest BCUT2D eigenvalue weighted by atomic mass is 10.2. The van der Waals surface area contributed by atoms with Gasteiger partial charge in [-0.2, -0.15) is 0 Å². The van der Waals surface area contributed by atoms with Gasteiger partial charge in [0.1, 0.15) is 5.82 Å². The van der Waals surface area contributed by atoms with Crippen molar-refractivity contribution in [1.29, 1.82) is 0 Å². The lowest BCUT2D eigenvalue weighted by Gasteiger charge is -2.02. The largest absolute Gasteiger partial charge is 0.348 e. The van der Waals surface area contributed by atoms with Gasteiger partial charge in [0.05, 0.1) is 0 Å². The summed E-state index contributed by atoms with van der Waals surface area (Å²) in [4.78, 5) is 11.6. The first-order chi connectivity index (χ1) is 9.63. The van der Waals surface area contributed by atoms with E-state index in [9.17, 15) is 9.18 Å². The van der Waals surface area contributed by atoms with Crippen LogP contribution in [-0.2, 0) is 11.3 Å². The first-order valence-electron chi connectivity index (χ1n) is 6.09. The molecule has 0 unspecified atom stereocenters. The van der Waals surface area contributed by atoms with Gasteiger partial charge in [-0.1, -0.05) is 35.9 Å². The van der Waals surface area contributed by atoms with E-state index in [1.165, 1.54) is 18.2 Å². The zero-order chi connectivity index (χ0) is 14.4. The first-order valence-corrected chi connectivity index (χ1v) is 6.47. The van der Waals surface area contributed by atoms with E-state index < -0.39 is 0 Å². The van der Waals surface area contributed by atoms with Gasteiger partial charge >= 0.3 is 0 Å². The molecule has 0 saturated heterocycles. The second-order valence-electron chi connectivity index (χ2n) is 4.23. The van der Waals surface area contributed by atoms with Crippen molar-refractivity contribution in [3.8, 4) is 0 Å². The van der Waals surface area contributed by atoms with Crippen molar-refractivity contribution in [2.24, 2.45) is 0 Å². The van der Waals surface area contributed by atoms with Crippen LogP contribution in [0.3, 0.4) is 0 Å². The number of halogens is 2. The highest BCUT2D eigenvalue weighted by molar-refractivity contribution is 6.30. The zero-order valence-electron chi connectivity index (χ0n) is 10.6. The molecule has 0 atom stereocenters. The Labute approximate surface area is 121 Å². The lowest BCUT2D eigenvalue weighted by Crippen LogP contribution is -2.20. The molecule has 0 bridgehead atoms. The highest BCUT2D eigenvalue weighted by atomic mass is 35.5. The van der Waals surface area contributed by atoms with Gasteiger partial charge in [-0.05, 0) is 41.5 Å². The maximum absolute atomic E-state index is 12.7. The second kappa shape index (κ2) is 6.87. The van der Waals surface area contributed by atoms with E-state index in [1.807, 2.05) is 12.1 Å². The minimum Gasteiger partial charge on any atom is -0.348 e. The zero-order valence-corrected chi connectivity index (χ0v) is 11.4. The van der Waals surface area contributed by atoms with Crippen LogP contribution in [0.2, 0.25) is 5.02 Å². The minimum atomic E-state index is -0.291. The summed E-state index contributed by atoms with van der Waals surface area (Å²) in [6.45, 7) is 0.360. The molecule has 2 aromatic rings. The number of nitrogens with one attached hydrogen (secondary N) is 1. The Morgan fingerprint density at radius 1 is 1.20 bits per heavy atom. The van der Waals surface area contributed by atoms with Gasteiger partial charge in [0.25, 0.3) is 0 Å². The van der Waals surface area contributed by atoms with E-state index in [2.05, 4.69) is 5.32 Å². The van der Waals surface area contributed by atoms with Gasteiger partial charge in [0, 0.05) is 17.6 Å². The predicted octanol–water partition coefficient (Wildman–Crippen LogP) is 3.81. The Bertz CT molecular complexity index is 623. The Morgan fingerprint density at radius 2 is 1.95 bits per heavy atom. The standard InChI is InChI=1S/C16H13ClFNO/c17-14-3-1-2-12(10-14)6-9-16(20)19-11-13-4-7-15(18)8-5-13/h1-10H,11H2,(H,19,20). The van der Waals surface area contributed by atoms with Gasteiger partial charge in [0.15, 0.2) is 0 Å². The van der Waals surface area contributed by atoms with Crippen molar-refractivity contribution in [2.45, 2.75) is 6.54 Å².